The van der Waals surface area contributed by atoms with Gasteiger partial charge in [-0.2, -0.15) is 0 Å². The average Bonchev–Trinajstić information content (AvgIpc) is 2.79. The lowest BCUT2D eigenvalue weighted by atomic mass is 10.1. The lowest BCUT2D eigenvalue weighted by Gasteiger charge is -2.38. The number of methoxy groups -OCH3 is 1. The zero-order valence-electron chi connectivity index (χ0n) is 18.7. The summed E-state index contributed by atoms with van der Waals surface area (Å²) in [6.07, 6.45) is 0. The molecule has 0 saturated carbocycles. The predicted molar refractivity (Wildman–Crippen MR) is 122 cm³/mol. The van der Waals surface area contributed by atoms with Gasteiger partial charge in [0.25, 0.3) is 5.91 Å². The zero-order chi connectivity index (χ0) is 22.4. The van der Waals surface area contributed by atoms with E-state index in [0.29, 0.717) is 29.5 Å². The Morgan fingerprint density at radius 1 is 1.00 bits per heavy atom. The summed E-state index contributed by atoms with van der Waals surface area (Å²) in [5.74, 6) is 0.0373. The van der Waals surface area contributed by atoms with E-state index in [4.69, 9.17) is 9.47 Å². The van der Waals surface area contributed by atoms with Crippen LogP contribution in [0, 0.1) is 0 Å². The molecule has 31 heavy (non-hydrogen) atoms. The molecule has 7 nitrogen and oxygen atoms in total. The van der Waals surface area contributed by atoms with Crippen molar-refractivity contribution in [3.63, 3.8) is 0 Å². The number of hydrogen-bond acceptors (Lipinski definition) is 6. The lowest BCUT2D eigenvalue weighted by molar-refractivity contribution is 0.0600. The lowest BCUT2D eigenvalue weighted by Crippen LogP contribution is -2.49. The summed E-state index contributed by atoms with van der Waals surface area (Å²) in [7, 11) is 1.35. The fraction of sp³-hybridized carbons (Fsp3) is 0.417. The molecule has 0 aliphatic carbocycles. The van der Waals surface area contributed by atoms with E-state index in [1.165, 1.54) is 7.11 Å². The fourth-order valence-corrected chi connectivity index (χ4v) is 3.70. The molecule has 1 heterocycles. The van der Waals surface area contributed by atoms with Crippen LogP contribution in [0.2, 0.25) is 0 Å². The van der Waals surface area contributed by atoms with Crippen LogP contribution >= 0.6 is 0 Å². The molecular formula is C24H31N3O4. The molecule has 3 rings (SSSR count). The highest BCUT2D eigenvalue weighted by Crippen LogP contribution is 2.29. The summed E-state index contributed by atoms with van der Waals surface area (Å²) in [4.78, 5) is 29.6. The number of benzene rings is 2. The van der Waals surface area contributed by atoms with E-state index in [1.807, 2.05) is 13.0 Å². The van der Waals surface area contributed by atoms with Gasteiger partial charge in [0.2, 0.25) is 0 Å². The van der Waals surface area contributed by atoms with Crippen LogP contribution in [0.15, 0.2) is 42.5 Å². The fourth-order valence-electron chi connectivity index (χ4n) is 3.70. The number of carbonyl (C=O) groups is 2. The Hall–Kier alpha value is -3.06. The number of ether oxygens (including phenoxy) is 2. The molecule has 2 aromatic carbocycles. The van der Waals surface area contributed by atoms with Gasteiger partial charge < -0.3 is 19.7 Å². The highest BCUT2D eigenvalue weighted by molar-refractivity contribution is 6.07. The van der Waals surface area contributed by atoms with E-state index in [0.717, 1.165) is 37.6 Å². The van der Waals surface area contributed by atoms with Gasteiger partial charge in [0.05, 0.1) is 30.7 Å². The van der Waals surface area contributed by atoms with Crippen LogP contribution in [-0.4, -0.2) is 62.7 Å². The van der Waals surface area contributed by atoms with Gasteiger partial charge in [0.1, 0.15) is 5.75 Å². The minimum Gasteiger partial charge on any atom is -0.494 e. The molecule has 2 aromatic rings. The van der Waals surface area contributed by atoms with Gasteiger partial charge in [-0.1, -0.05) is 0 Å². The summed E-state index contributed by atoms with van der Waals surface area (Å²) < 4.78 is 10.3. The van der Waals surface area contributed by atoms with Gasteiger partial charge >= 0.3 is 5.97 Å². The Kier molecular flexibility index (Phi) is 7.52. The number of nitrogens with one attached hydrogen (secondary N) is 1. The number of rotatable bonds is 7. The molecule has 0 spiro atoms. The quantitative estimate of drug-likeness (QED) is 0.683. The minimum absolute atomic E-state index is 0.243. The van der Waals surface area contributed by atoms with Crippen molar-refractivity contribution in [2.24, 2.45) is 0 Å². The smallest absolute Gasteiger partial charge is 0.337 e. The van der Waals surface area contributed by atoms with Gasteiger partial charge in [-0.25, -0.2) is 4.79 Å². The van der Waals surface area contributed by atoms with Crippen molar-refractivity contribution in [2.45, 2.75) is 26.8 Å². The van der Waals surface area contributed by atoms with Crippen molar-refractivity contribution in [1.82, 2.24) is 4.90 Å². The third-order valence-electron chi connectivity index (χ3n) is 5.48. The molecule has 0 bridgehead atoms. The minimum atomic E-state index is -0.437. The summed E-state index contributed by atoms with van der Waals surface area (Å²) in [5, 5.41) is 2.99. The summed E-state index contributed by atoms with van der Waals surface area (Å²) in [5.41, 5.74) is 2.41. The van der Waals surface area contributed by atoms with Crippen molar-refractivity contribution in [3.05, 3.63) is 53.6 Å². The Morgan fingerprint density at radius 3 is 2.23 bits per heavy atom. The summed E-state index contributed by atoms with van der Waals surface area (Å²) >= 11 is 0. The normalized spacial score (nSPS) is 14.4. The number of amides is 1. The number of nitrogens with zero attached hydrogens (tertiary/aromatic N) is 2. The van der Waals surface area contributed by atoms with Gasteiger partial charge in [-0.05, 0) is 63.2 Å². The largest absolute Gasteiger partial charge is 0.494 e. The monoisotopic (exact) mass is 425 g/mol. The second-order valence-electron chi connectivity index (χ2n) is 7.75. The van der Waals surface area contributed by atoms with Crippen molar-refractivity contribution in [2.75, 3.05) is 50.1 Å². The maximum atomic E-state index is 12.9. The molecule has 7 heteroatoms. The summed E-state index contributed by atoms with van der Waals surface area (Å²) in [6, 6.07) is 12.8. The van der Waals surface area contributed by atoms with Gasteiger partial charge in [-0.15, -0.1) is 0 Å². The van der Waals surface area contributed by atoms with Gasteiger partial charge in [0.15, 0.2) is 0 Å². The molecular weight excluding hydrogens is 394 g/mol. The molecule has 166 valence electrons. The van der Waals surface area contributed by atoms with Crippen LogP contribution < -0.4 is 15.0 Å². The zero-order valence-corrected chi connectivity index (χ0v) is 18.7. The second kappa shape index (κ2) is 10.3. The van der Waals surface area contributed by atoms with E-state index in [2.05, 4.69) is 29.0 Å². The van der Waals surface area contributed by atoms with E-state index < -0.39 is 5.97 Å². The SMILES string of the molecule is CCOc1ccc(C(=O)Nc2cc(C(=O)OC)ccc2N2CCN(C(C)C)CC2)cc1. The molecule has 1 aliphatic rings. The third kappa shape index (κ3) is 5.55. The van der Waals surface area contributed by atoms with Crippen LogP contribution in [0.5, 0.6) is 5.75 Å². The maximum Gasteiger partial charge on any atom is 0.337 e. The Balaban J connectivity index is 1.84. The Labute approximate surface area is 183 Å². The second-order valence-corrected chi connectivity index (χ2v) is 7.75. The first-order chi connectivity index (χ1) is 14.9. The Bertz CT molecular complexity index is 904. The maximum absolute atomic E-state index is 12.9. The molecule has 1 amide bonds. The molecule has 0 radical (unpaired) electrons. The first-order valence-electron chi connectivity index (χ1n) is 10.7. The highest BCUT2D eigenvalue weighted by Gasteiger charge is 2.22. The number of anilines is 2. The molecule has 0 atom stereocenters. The van der Waals surface area contributed by atoms with E-state index >= 15 is 0 Å². The van der Waals surface area contributed by atoms with Crippen molar-refractivity contribution in [1.29, 1.82) is 0 Å². The van der Waals surface area contributed by atoms with E-state index in [9.17, 15) is 9.59 Å². The highest BCUT2D eigenvalue weighted by atomic mass is 16.5. The third-order valence-corrected chi connectivity index (χ3v) is 5.48. The first kappa shape index (κ1) is 22.6. The summed E-state index contributed by atoms with van der Waals surface area (Å²) in [6.45, 7) is 10.5. The van der Waals surface area contributed by atoms with Gasteiger partial charge in [0, 0.05) is 37.8 Å². The number of carbonyl (C=O) groups excluding carboxylic acids is 2. The van der Waals surface area contributed by atoms with Crippen LogP contribution in [0.1, 0.15) is 41.5 Å². The molecule has 0 aromatic heterocycles. The average molecular weight is 426 g/mol. The molecule has 1 fully saturated rings. The van der Waals surface area contributed by atoms with Crippen LogP contribution in [-0.2, 0) is 4.74 Å². The van der Waals surface area contributed by atoms with Crippen molar-refractivity contribution in [3.8, 4) is 5.75 Å². The first-order valence-corrected chi connectivity index (χ1v) is 10.7. The van der Waals surface area contributed by atoms with E-state index in [-0.39, 0.29) is 5.91 Å². The topological polar surface area (TPSA) is 71.1 Å². The number of hydrogen-bond donors (Lipinski definition) is 1. The van der Waals surface area contributed by atoms with Crippen LogP contribution in [0.4, 0.5) is 11.4 Å². The standard InChI is InChI=1S/C24H31N3O4/c1-5-31-20-9-6-18(7-10-20)23(28)25-21-16-19(24(29)30-4)8-11-22(21)27-14-12-26(13-15-27)17(2)3/h6-11,16-17H,5,12-15H2,1-4H3,(H,25,28). The Morgan fingerprint density at radius 2 is 1.65 bits per heavy atom. The predicted octanol–water partition coefficient (Wildman–Crippen LogP) is 3.65. The molecule has 1 saturated heterocycles. The van der Waals surface area contributed by atoms with Crippen LogP contribution in [0.25, 0.3) is 0 Å². The van der Waals surface area contributed by atoms with E-state index in [1.54, 1.807) is 36.4 Å². The van der Waals surface area contributed by atoms with Crippen molar-refractivity contribution >= 4 is 23.3 Å². The number of piperazine rings is 1. The molecule has 0 unspecified atom stereocenters. The van der Waals surface area contributed by atoms with Crippen molar-refractivity contribution < 1.29 is 19.1 Å². The van der Waals surface area contributed by atoms with Gasteiger partial charge in [-0.3, -0.25) is 9.69 Å². The molecule has 1 aliphatic heterocycles. The van der Waals surface area contributed by atoms with Crippen LogP contribution in [0.3, 0.4) is 0 Å². The molecule has 1 N–H and O–H groups in total. The number of esters is 1.